The average molecular weight is 327 g/mol. The number of hydrogen-bond acceptors (Lipinski definition) is 2. The molecule has 2 N–H and O–H groups in total. The molecule has 1 aromatic rings. The Hall–Kier alpha value is -0.380. The van der Waals surface area contributed by atoms with Gasteiger partial charge in [0.15, 0.2) is 0 Å². The minimum absolute atomic E-state index is 0.293. The van der Waals surface area contributed by atoms with Crippen molar-refractivity contribution in [1.29, 1.82) is 0 Å². The Morgan fingerprint density at radius 1 is 1.21 bits per heavy atom. The minimum Gasteiger partial charge on any atom is -0.330 e. The van der Waals surface area contributed by atoms with E-state index >= 15 is 0 Å². The average Bonchev–Trinajstić information content (AvgIpc) is 2.38. The number of halogens is 1. The lowest BCUT2D eigenvalue weighted by Crippen LogP contribution is -2.24. The topological polar surface area (TPSA) is 29.3 Å². The minimum atomic E-state index is 0.293. The fourth-order valence-electron chi connectivity index (χ4n) is 2.08. The normalized spacial score (nSPS) is 12.1. The second-order valence-corrected chi connectivity index (χ2v) is 7.01. The summed E-state index contributed by atoms with van der Waals surface area (Å²) in [4.78, 5) is 2.38. The molecule has 0 radical (unpaired) electrons. The molecule has 0 atom stereocenters. The molecule has 0 saturated heterocycles. The van der Waals surface area contributed by atoms with E-state index in [0.717, 1.165) is 19.6 Å². The van der Waals surface area contributed by atoms with E-state index in [4.69, 9.17) is 5.73 Å². The Morgan fingerprint density at radius 2 is 1.89 bits per heavy atom. The third kappa shape index (κ3) is 6.55. The van der Waals surface area contributed by atoms with Crippen LogP contribution in [0.2, 0.25) is 0 Å². The summed E-state index contributed by atoms with van der Waals surface area (Å²) in [6, 6.07) is 8.44. The van der Waals surface area contributed by atoms with Gasteiger partial charge in [-0.25, -0.2) is 0 Å². The van der Waals surface area contributed by atoms with Crippen molar-refractivity contribution >= 4 is 15.9 Å². The highest BCUT2D eigenvalue weighted by Crippen LogP contribution is 2.21. The zero-order valence-electron chi connectivity index (χ0n) is 12.5. The van der Waals surface area contributed by atoms with Gasteiger partial charge < -0.3 is 10.6 Å². The predicted octanol–water partition coefficient (Wildman–Crippen LogP) is 4.04. The lowest BCUT2D eigenvalue weighted by Gasteiger charge is -2.23. The summed E-state index contributed by atoms with van der Waals surface area (Å²) in [6.07, 6.45) is 3.71. The Bertz CT molecular complexity index is 377. The van der Waals surface area contributed by atoms with Crippen LogP contribution < -0.4 is 5.73 Å². The van der Waals surface area contributed by atoms with Crippen LogP contribution in [0.1, 0.15) is 38.7 Å². The van der Waals surface area contributed by atoms with Gasteiger partial charge in [0.25, 0.3) is 0 Å². The molecule has 2 nitrogen and oxygen atoms in total. The Labute approximate surface area is 126 Å². The fourth-order valence-corrected chi connectivity index (χ4v) is 2.49. The highest BCUT2D eigenvalue weighted by Gasteiger charge is 2.14. The molecule has 108 valence electrons. The maximum Gasteiger partial charge on any atom is 0.0241 e. The summed E-state index contributed by atoms with van der Waals surface area (Å²) in [7, 11) is 2.19. The van der Waals surface area contributed by atoms with Crippen LogP contribution in [0.5, 0.6) is 0 Å². The van der Waals surface area contributed by atoms with Crippen LogP contribution in [0.4, 0.5) is 0 Å². The molecule has 3 heteroatoms. The van der Waals surface area contributed by atoms with Gasteiger partial charge in [-0.1, -0.05) is 54.4 Å². The molecule has 19 heavy (non-hydrogen) atoms. The quantitative estimate of drug-likeness (QED) is 0.730. The van der Waals surface area contributed by atoms with Crippen molar-refractivity contribution in [3.05, 3.63) is 34.3 Å². The second kappa shape index (κ2) is 8.03. The molecule has 1 rings (SSSR count). The van der Waals surface area contributed by atoms with Gasteiger partial charge in [0.05, 0.1) is 0 Å². The van der Waals surface area contributed by atoms with E-state index in [9.17, 15) is 0 Å². The van der Waals surface area contributed by atoms with Gasteiger partial charge in [-0.3, -0.25) is 0 Å². The molecule has 0 bridgehead atoms. The summed E-state index contributed by atoms with van der Waals surface area (Å²) in [5, 5.41) is 0. The summed E-state index contributed by atoms with van der Waals surface area (Å²) < 4.78 is 1.20. The molecule has 0 fully saturated rings. The Kier molecular flexibility index (Phi) is 7.05. The predicted molar refractivity (Wildman–Crippen MR) is 87.2 cm³/mol. The third-order valence-corrected chi connectivity index (χ3v) is 4.37. The maximum atomic E-state index is 5.75. The highest BCUT2D eigenvalue weighted by molar-refractivity contribution is 9.10. The fraction of sp³-hybridized carbons (Fsp3) is 0.625. The van der Waals surface area contributed by atoms with E-state index in [2.05, 4.69) is 66.0 Å². The van der Waals surface area contributed by atoms with Crippen molar-refractivity contribution in [2.24, 2.45) is 11.1 Å². The smallest absolute Gasteiger partial charge is 0.0241 e. The van der Waals surface area contributed by atoms with Crippen molar-refractivity contribution in [2.75, 3.05) is 20.1 Å². The third-order valence-electron chi connectivity index (χ3n) is 3.59. The van der Waals surface area contributed by atoms with Gasteiger partial charge in [-0.15, -0.1) is 0 Å². The molecule has 0 spiro atoms. The lowest BCUT2D eigenvalue weighted by atomic mass is 9.87. The summed E-state index contributed by atoms with van der Waals surface area (Å²) in [6.45, 7) is 7.42. The first-order valence-electron chi connectivity index (χ1n) is 7.06. The number of nitrogens with two attached hydrogens (primary N) is 1. The van der Waals surface area contributed by atoms with Gasteiger partial charge in [0.1, 0.15) is 0 Å². The molecule has 0 unspecified atom stereocenters. The van der Waals surface area contributed by atoms with Crippen LogP contribution in [0.25, 0.3) is 0 Å². The van der Waals surface area contributed by atoms with Gasteiger partial charge in [-0.2, -0.15) is 0 Å². The summed E-state index contributed by atoms with van der Waals surface area (Å²) in [5.41, 5.74) is 7.40. The highest BCUT2D eigenvalue weighted by atomic mass is 79.9. The van der Waals surface area contributed by atoms with E-state index in [0.29, 0.717) is 5.41 Å². The summed E-state index contributed by atoms with van der Waals surface area (Å²) in [5.74, 6) is 0. The SMILES string of the molecule is CN(CCCCC(C)(C)CN)Cc1ccccc1Br. The molecule has 0 aliphatic carbocycles. The number of benzene rings is 1. The van der Waals surface area contributed by atoms with Gasteiger partial charge in [0.2, 0.25) is 0 Å². The van der Waals surface area contributed by atoms with Crippen LogP contribution in [-0.2, 0) is 6.54 Å². The molecule has 0 aromatic heterocycles. The maximum absolute atomic E-state index is 5.75. The van der Waals surface area contributed by atoms with Crippen molar-refractivity contribution in [3.8, 4) is 0 Å². The molecule has 0 heterocycles. The number of nitrogens with zero attached hydrogens (tertiary/aromatic N) is 1. The van der Waals surface area contributed by atoms with E-state index in [1.165, 1.54) is 29.3 Å². The van der Waals surface area contributed by atoms with E-state index in [-0.39, 0.29) is 0 Å². The molecule has 0 amide bonds. The van der Waals surface area contributed by atoms with Crippen LogP contribution in [0.3, 0.4) is 0 Å². The monoisotopic (exact) mass is 326 g/mol. The van der Waals surface area contributed by atoms with E-state index in [1.54, 1.807) is 0 Å². The van der Waals surface area contributed by atoms with E-state index < -0.39 is 0 Å². The van der Waals surface area contributed by atoms with Crippen molar-refractivity contribution in [2.45, 2.75) is 39.7 Å². The molecule has 0 saturated carbocycles. The number of unbranched alkanes of at least 4 members (excludes halogenated alkanes) is 1. The largest absolute Gasteiger partial charge is 0.330 e. The first kappa shape index (κ1) is 16.7. The first-order valence-corrected chi connectivity index (χ1v) is 7.86. The van der Waals surface area contributed by atoms with E-state index in [1.807, 2.05) is 0 Å². The van der Waals surface area contributed by atoms with Crippen LogP contribution >= 0.6 is 15.9 Å². The zero-order valence-corrected chi connectivity index (χ0v) is 14.0. The van der Waals surface area contributed by atoms with Crippen LogP contribution in [-0.4, -0.2) is 25.0 Å². The molecular weight excluding hydrogens is 300 g/mol. The van der Waals surface area contributed by atoms with Gasteiger partial charge >= 0.3 is 0 Å². The Balaban J connectivity index is 2.25. The van der Waals surface area contributed by atoms with Crippen molar-refractivity contribution in [3.63, 3.8) is 0 Å². The van der Waals surface area contributed by atoms with Gasteiger partial charge in [0, 0.05) is 11.0 Å². The molecule has 0 aliphatic rings. The first-order chi connectivity index (χ1) is 8.94. The van der Waals surface area contributed by atoms with Crippen molar-refractivity contribution in [1.82, 2.24) is 4.90 Å². The molecule has 1 aromatic carbocycles. The number of hydrogen-bond donors (Lipinski definition) is 1. The molecular formula is C16H27BrN2. The summed E-state index contributed by atoms with van der Waals surface area (Å²) >= 11 is 3.60. The van der Waals surface area contributed by atoms with Crippen molar-refractivity contribution < 1.29 is 0 Å². The zero-order chi connectivity index (χ0) is 14.3. The lowest BCUT2D eigenvalue weighted by molar-refractivity contribution is 0.289. The van der Waals surface area contributed by atoms with Gasteiger partial charge in [-0.05, 0) is 50.0 Å². The van der Waals surface area contributed by atoms with Crippen LogP contribution in [0.15, 0.2) is 28.7 Å². The second-order valence-electron chi connectivity index (χ2n) is 6.15. The number of rotatable bonds is 8. The molecule has 0 aliphatic heterocycles. The van der Waals surface area contributed by atoms with Crippen LogP contribution in [0, 0.1) is 5.41 Å². The standard InChI is InChI=1S/C16H27BrN2/c1-16(2,13-18)10-6-7-11-19(3)12-14-8-4-5-9-15(14)17/h4-5,8-9H,6-7,10-13,18H2,1-3H3. The Morgan fingerprint density at radius 3 is 2.53 bits per heavy atom.